The van der Waals surface area contributed by atoms with E-state index in [0.29, 0.717) is 0 Å². The predicted octanol–water partition coefficient (Wildman–Crippen LogP) is 35.7. The van der Waals surface area contributed by atoms with Crippen molar-refractivity contribution < 1.29 is 0 Å². The topological polar surface area (TPSA) is 16.3 Å². The van der Waals surface area contributed by atoms with E-state index in [4.69, 9.17) is 0 Å². The van der Waals surface area contributed by atoms with Crippen molar-refractivity contribution in [1.29, 1.82) is 0 Å². The molecule has 0 aliphatic heterocycles. The largest absolute Gasteiger partial charge is 0.310 e. The number of rotatable bonds is 14. The third kappa shape index (κ3) is 13.1. The number of aromatic nitrogens is 2. The van der Waals surface area contributed by atoms with Gasteiger partial charge in [0.25, 0.3) is 0 Å². The lowest BCUT2D eigenvalue weighted by Crippen LogP contribution is -2.10. The van der Waals surface area contributed by atoms with Crippen LogP contribution in [0.1, 0.15) is 0 Å². The molecule has 132 heavy (non-hydrogen) atoms. The van der Waals surface area contributed by atoms with Crippen molar-refractivity contribution in [2.24, 2.45) is 0 Å². The molecule has 0 aliphatic rings. The maximum absolute atomic E-state index is 2.46. The van der Waals surface area contributed by atoms with E-state index in [1.54, 1.807) is 0 Å². The molecule has 26 aromatic rings. The molecule has 0 spiro atoms. The Bertz CT molecular complexity index is 8880. The molecule has 26 rings (SSSR count). The molecule has 0 radical (unpaired) electrons. The van der Waals surface area contributed by atoms with Crippen molar-refractivity contribution >= 4 is 164 Å². The Morgan fingerprint density at radius 2 is 0.424 bits per heavy atom. The SMILES string of the molecule is c1ccc(-c2c3ccccc3c(-c3ccc(N(c4ccc5c(c4)c4ccccc4n5-c4ccccc4)c4cccc5c(-c6cccc7ccccc67)cccc45)cc3)c3ccccc23)cc1.c1ccc(-c2c3ccccc3c(-c3ccc(N(c4ccc5cc(-c6cccc7ccccc67)ccc5c4)c4ccc5c(c4)c4ccccc4n5-c4ccccc4)cc3)c3ccccc23)cc1. The lowest BCUT2D eigenvalue weighted by atomic mass is 9.86. The molecule has 0 unspecified atom stereocenters. The highest BCUT2D eigenvalue weighted by atomic mass is 15.2. The van der Waals surface area contributed by atoms with E-state index in [1.807, 2.05) is 0 Å². The summed E-state index contributed by atoms with van der Waals surface area (Å²) in [6, 6.07) is 187. The van der Waals surface area contributed by atoms with E-state index in [-0.39, 0.29) is 0 Å². The van der Waals surface area contributed by atoms with Gasteiger partial charge in [-0.1, -0.05) is 388 Å². The van der Waals surface area contributed by atoms with Crippen LogP contribution in [-0.2, 0) is 0 Å². The molecule has 0 saturated heterocycles. The molecule has 0 amide bonds. The molecule has 2 heterocycles. The predicted molar refractivity (Wildman–Crippen MR) is 564 cm³/mol. The second-order valence-corrected chi connectivity index (χ2v) is 34.4. The summed E-state index contributed by atoms with van der Waals surface area (Å²) in [4.78, 5) is 4.88. The fraction of sp³-hybridized carbons (Fsp3) is 0. The van der Waals surface area contributed by atoms with E-state index >= 15 is 0 Å². The Balaban J connectivity index is 0.000000142. The van der Waals surface area contributed by atoms with Gasteiger partial charge in [-0.3, -0.25) is 0 Å². The van der Waals surface area contributed by atoms with Crippen molar-refractivity contribution in [2.45, 2.75) is 0 Å². The summed E-state index contributed by atoms with van der Waals surface area (Å²) in [5, 5.41) is 24.7. The van der Waals surface area contributed by atoms with Crippen LogP contribution in [0.4, 0.5) is 34.1 Å². The van der Waals surface area contributed by atoms with Crippen LogP contribution in [-0.4, -0.2) is 9.13 Å². The summed E-state index contributed by atoms with van der Waals surface area (Å²) in [6.07, 6.45) is 0. The van der Waals surface area contributed by atoms with Crippen molar-refractivity contribution in [3.05, 3.63) is 510 Å². The van der Waals surface area contributed by atoms with Gasteiger partial charge in [-0.05, 0) is 269 Å². The first-order valence-electron chi connectivity index (χ1n) is 45.5. The average Bonchev–Trinajstić information content (AvgIpc) is 1.04. The normalized spacial score (nSPS) is 11.6. The molecule has 616 valence electrons. The third-order valence-corrected chi connectivity index (χ3v) is 27.1. The molecular formula is C128H84N4. The zero-order valence-electron chi connectivity index (χ0n) is 72.3. The Hall–Kier alpha value is -17.4. The number of hydrogen-bond donors (Lipinski definition) is 0. The number of hydrogen-bond acceptors (Lipinski definition) is 2. The summed E-state index contributed by atoms with van der Waals surface area (Å²) in [6.45, 7) is 0. The van der Waals surface area contributed by atoms with Crippen molar-refractivity contribution in [3.8, 4) is 78.1 Å². The van der Waals surface area contributed by atoms with Gasteiger partial charge in [0, 0.05) is 66.7 Å². The maximum atomic E-state index is 2.46. The number of benzene rings is 24. The highest BCUT2D eigenvalue weighted by molar-refractivity contribution is 6.24. The van der Waals surface area contributed by atoms with Gasteiger partial charge >= 0.3 is 0 Å². The molecule has 0 fully saturated rings. The Labute approximate surface area is 765 Å². The van der Waals surface area contributed by atoms with Gasteiger partial charge in [-0.2, -0.15) is 0 Å². The highest BCUT2D eigenvalue weighted by Crippen LogP contribution is 2.51. The first kappa shape index (κ1) is 76.9. The molecular weight excluding hydrogens is 1590 g/mol. The summed E-state index contributed by atoms with van der Waals surface area (Å²) < 4.78 is 4.77. The van der Waals surface area contributed by atoms with Crippen molar-refractivity contribution in [3.63, 3.8) is 0 Å². The highest BCUT2D eigenvalue weighted by Gasteiger charge is 2.26. The van der Waals surface area contributed by atoms with Crippen LogP contribution in [0.25, 0.3) is 208 Å². The van der Waals surface area contributed by atoms with Gasteiger partial charge in [-0.15, -0.1) is 0 Å². The first-order chi connectivity index (χ1) is 65.5. The average molecular weight is 1680 g/mol. The number of anilines is 6. The second-order valence-electron chi connectivity index (χ2n) is 34.4. The first-order valence-corrected chi connectivity index (χ1v) is 45.5. The number of fused-ring (bicyclic) bond motifs is 14. The zero-order chi connectivity index (χ0) is 87.1. The van der Waals surface area contributed by atoms with Gasteiger partial charge < -0.3 is 18.9 Å². The Kier molecular flexibility index (Phi) is 18.9. The fourth-order valence-electron chi connectivity index (χ4n) is 21.3. The van der Waals surface area contributed by atoms with Crippen LogP contribution >= 0.6 is 0 Å². The maximum Gasteiger partial charge on any atom is 0.0542 e. The van der Waals surface area contributed by atoms with Gasteiger partial charge in [0.15, 0.2) is 0 Å². The molecule has 0 atom stereocenters. The Morgan fingerprint density at radius 3 is 0.894 bits per heavy atom. The molecule has 0 bridgehead atoms. The van der Waals surface area contributed by atoms with Crippen LogP contribution in [0.3, 0.4) is 0 Å². The Morgan fingerprint density at radius 1 is 0.136 bits per heavy atom. The lowest BCUT2D eigenvalue weighted by Gasteiger charge is -2.28. The van der Waals surface area contributed by atoms with Crippen LogP contribution in [0.5, 0.6) is 0 Å². The van der Waals surface area contributed by atoms with Gasteiger partial charge in [-0.25, -0.2) is 0 Å². The summed E-state index contributed by atoms with van der Waals surface area (Å²) >= 11 is 0. The monoisotopic (exact) mass is 1680 g/mol. The molecule has 4 heteroatoms. The zero-order valence-corrected chi connectivity index (χ0v) is 72.3. The fourth-order valence-corrected chi connectivity index (χ4v) is 21.3. The van der Waals surface area contributed by atoms with Crippen molar-refractivity contribution in [1.82, 2.24) is 9.13 Å². The molecule has 2 aromatic heterocycles. The van der Waals surface area contributed by atoms with Crippen LogP contribution < -0.4 is 9.80 Å². The van der Waals surface area contributed by atoms with Gasteiger partial charge in [0.05, 0.1) is 27.8 Å². The standard InChI is InChI=1S/2C64H42N2/c1-3-19-44(20-4-1)63-55-26-9-11-28-57(55)64(58-29-12-10-27-56(58)63)45-36-38-47(39-37-45)65(48-40-41-62-59(42-48)54-25-13-14-34-61(54)66(62)46-22-5-2-6-23-46)60-35-17-32-52-51(31-16-33-53(52)60)50-30-15-21-43-18-7-8-24-49(43)50;1-3-17-44(18-4-1)63-56-24-9-11-26-58(56)64(59-27-12-10-25-57(59)63)45-32-35-50(36-33-45)65(52-38-39-62-60(42-52)55-23-13-14-29-61(55)66(62)49-20-5-2-6-21-49)51-37-34-46-40-48(31-30-47(46)41-51)54-28-15-19-43-16-7-8-22-53(43)54/h2*1-42H. The minimum absolute atomic E-state index is 1.09. The minimum Gasteiger partial charge on any atom is -0.310 e. The van der Waals surface area contributed by atoms with Crippen molar-refractivity contribution in [2.75, 3.05) is 9.80 Å². The summed E-state index contributed by atoms with van der Waals surface area (Å²) in [7, 11) is 0. The summed E-state index contributed by atoms with van der Waals surface area (Å²) in [5.41, 5.74) is 28.4. The van der Waals surface area contributed by atoms with E-state index in [2.05, 4.69) is 529 Å². The molecule has 24 aromatic carbocycles. The van der Waals surface area contributed by atoms with E-state index in [9.17, 15) is 0 Å². The van der Waals surface area contributed by atoms with E-state index in [1.165, 1.54) is 197 Å². The molecule has 4 nitrogen and oxygen atoms in total. The number of nitrogens with zero attached hydrogens (tertiary/aromatic N) is 4. The van der Waals surface area contributed by atoms with E-state index < -0.39 is 0 Å². The lowest BCUT2D eigenvalue weighted by molar-refractivity contribution is 1.18. The molecule has 0 N–H and O–H groups in total. The summed E-state index contributed by atoms with van der Waals surface area (Å²) in [5.74, 6) is 0. The minimum atomic E-state index is 1.09. The molecule has 0 aliphatic carbocycles. The van der Waals surface area contributed by atoms with Crippen LogP contribution in [0.2, 0.25) is 0 Å². The molecule has 0 saturated carbocycles. The van der Waals surface area contributed by atoms with Gasteiger partial charge in [0.2, 0.25) is 0 Å². The smallest absolute Gasteiger partial charge is 0.0542 e. The number of para-hydroxylation sites is 4. The van der Waals surface area contributed by atoms with Crippen LogP contribution in [0.15, 0.2) is 510 Å². The van der Waals surface area contributed by atoms with Gasteiger partial charge in [0.1, 0.15) is 0 Å². The third-order valence-electron chi connectivity index (χ3n) is 27.1. The quantitative estimate of drug-likeness (QED) is 0.101. The van der Waals surface area contributed by atoms with Crippen LogP contribution in [0, 0.1) is 0 Å². The second kappa shape index (κ2) is 32.5. The van der Waals surface area contributed by atoms with E-state index in [0.717, 1.165) is 45.5 Å².